The zero-order valence-corrected chi connectivity index (χ0v) is 8.40. The summed E-state index contributed by atoms with van der Waals surface area (Å²) in [5.74, 6) is 0.421. The number of amides is 1. The molecule has 0 spiro atoms. The van der Waals surface area contributed by atoms with E-state index in [2.05, 4.69) is 20.0 Å². The lowest BCUT2D eigenvalue weighted by Crippen LogP contribution is -2.49. The van der Waals surface area contributed by atoms with Gasteiger partial charge in [0.2, 0.25) is 12.3 Å². The van der Waals surface area contributed by atoms with Crippen LogP contribution in [-0.4, -0.2) is 21.6 Å². The third-order valence-corrected chi connectivity index (χ3v) is 2.71. The quantitative estimate of drug-likeness (QED) is 0.727. The predicted molar refractivity (Wildman–Crippen MR) is 51.5 cm³/mol. The summed E-state index contributed by atoms with van der Waals surface area (Å²) >= 11 is 0. The van der Waals surface area contributed by atoms with Crippen molar-refractivity contribution in [1.82, 2.24) is 15.5 Å². The number of carbonyl (C=O) groups excluding carboxylic acids is 1. The Hall–Kier alpha value is -1.43. The van der Waals surface area contributed by atoms with Gasteiger partial charge in [0.05, 0.1) is 6.54 Å². The van der Waals surface area contributed by atoms with Crippen molar-refractivity contribution in [2.45, 2.75) is 37.8 Å². The first-order valence-corrected chi connectivity index (χ1v) is 4.99. The molecule has 6 heteroatoms. The molecule has 1 aliphatic carbocycles. The van der Waals surface area contributed by atoms with E-state index >= 15 is 0 Å². The van der Waals surface area contributed by atoms with Gasteiger partial charge in [-0.1, -0.05) is 5.16 Å². The van der Waals surface area contributed by atoms with E-state index in [1.165, 1.54) is 6.39 Å². The van der Waals surface area contributed by atoms with E-state index in [0.717, 1.165) is 19.3 Å². The van der Waals surface area contributed by atoms with Gasteiger partial charge in [-0.05, 0) is 19.3 Å². The Bertz CT molecular complexity index is 332. The zero-order chi connectivity index (χ0) is 10.7. The van der Waals surface area contributed by atoms with Crippen LogP contribution in [0, 0.1) is 0 Å². The molecule has 1 aliphatic rings. The van der Waals surface area contributed by atoms with Crippen molar-refractivity contribution in [1.29, 1.82) is 0 Å². The minimum absolute atomic E-state index is 0.0537. The van der Waals surface area contributed by atoms with Crippen LogP contribution < -0.4 is 11.1 Å². The molecular formula is C9H14N4O2. The zero-order valence-electron chi connectivity index (χ0n) is 8.40. The summed E-state index contributed by atoms with van der Waals surface area (Å²) in [5, 5.41) is 6.29. The Balaban J connectivity index is 1.73. The van der Waals surface area contributed by atoms with Gasteiger partial charge in [-0.2, -0.15) is 4.98 Å². The molecule has 15 heavy (non-hydrogen) atoms. The number of nitrogens with one attached hydrogen (secondary N) is 1. The summed E-state index contributed by atoms with van der Waals surface area (Å²) in [7, 11) is 0. The lowest BCUT2D eigenvalue weighted by molar-refractivity contribution is -0.123. The molecule has 6 nitrogen and oxygen atoms in total. The molecule has 1 amide bonds. The summed E-state index contributed by atoms with van der Waals surface area (Å²) < 4.78 is 4.54. The SMILES string of the molecule is NC1(CC(=O)NCc2ncon2)CCC1. The fraction of sp³-hybridized carbons (Fsp3) is 0.667. The first-order valence-electron chi connectivity index (χ1n) is 4.99. The third-order valence-electron chi connectivity index (χ3n) is 2.71. The van der Waals surface area contributed by atoms with Crippen LogP contribution in [-0.2, 0) is 11.3 Å². The number of nitrogens with two attached hydrogens (primary N) is 1. The number of hydrogen-bond donors (Lipinski definition) is 2. The molecule has 0 radical (unpaired) electrons. The summed E-state index contributed by atoms with van der Waals surface area (Å²) in [4.78, 5) is 15.3. The number of hydrogen-bond acceptors (Lipinski definition) is 5. The van der Waals surface area contributed by atoms with Crippen molar-refractivity contribution >= 4 is 5.91 Å². The molecule has 0 bridgehead atoms. The first-order chi connectivity index (χ1) is 7.18. The van der Waals surface area contributed by atoms with Crippen LogP contribution in [0.15, 0.2) is 10.9 Å². The van der Waals surface area contributed by atoms with Crippen LogP contribution in [0.1, 0.15) is 31.5 Å². The van der Waals surface area contributed by atoms with Crippen LogP contribution in [0.3, 0.4) is 0 Å². The Morgan fingerprint density at radius 2 is 2.47 bits per heavy atom. The Kier molecular flexibility index (Phi) is 2.68. The van der Waals surface area contributed by atoms with Gasteiger partial charge in [-0.3, -0.25) is 4.79 Å². The fourth-order valence-corrected chi connectivity index (χ4v) is 1.64. The molecule has 1 fully saturated rings. The fourth-order valence-electron chi connectivity index (χ4n) is 1.64. The van der Waals surface area contributed by atoms with Crippen molar-refractivity contribution < 1.29 is 9.32 Å². The molecule has 2 rings (SSSR count). The molecule has 1 heterocycles. The topological polar surface area (TPSA) is 94.0 Å². The standard InChI is InChI=1S/C9H14N4O2/c10-9(2-1-3-9)4-8(14)11-5-7-12-6-15-13-7/h6H,1-5,10H2,(H,11,14). The van der Waals surface area contributed by atoms with Gasteiger partial charge in [-0.15, -0.1) is 0 Å². The monoisotopic (exact) mass is 210 g/mol. The molecule has 0 aliphatic heterocycles. The van der Waals surface area contributed by atoms with Crippen LogP contribution in [0.2, 0.25) is 0 Å². The smallest absolute Gasteiger partial charge is 0.222 e. The van der Waals surface area contributed by atoms with Crippen LogP contribution >= 0.6 is 0 Å². The van der Waals surface area contributed by atoms with Crippen molar-refractivity contribution in [2.24, 2.45) is 5.73 Å². The Labute approximate surface area is 87.2 Å². The number of aromatic nitrogens is 2. The minimum atomic E-state index is -0.276. The highest BCUT2D eigenvalue weighted by Crippen LogP contribution is 2.31. The van der Waals surface area contributed by atoms with E-state index < -0.39 is 0 Å². The van der Waals surface area contributed by atoms with Crippen molar-refractivity contribution in [3.05, 3.63) is 12.2 Å². The lowest BCUT2D eigenvalue weighted by Gasteiger charge is -2.37. The Morgan fingerprint density at radius 3 is 3.00 bits per heavy atom. The predicted octanol–water partition coefficient (Wildman–Crippen LogP) is -0.0427. The second kappa shape index (κ2) is 3.98. The van der Waals surface area contributed by atoms with E-state index in [9.17, 15) is 4.79 Å². The number of carbonyl (C=O) groups is 1. The third kappa shape index (κ3) is 2.53. The van der Waals surface area contributed by atoms with Crippen molar-refractivity contribution in [3.8, 4) is 0 Å². The highest BCUT2D eigenvalue weighted by molar-refractivity contribution is 5.77. The summed E-state index contributed by atoms with van der Waals surface area (Å²) in [6.07, 6.45) is 4.60. The van der Waals surface area contributed by atoms with Gasteiger partial charge >= 0.3 is 0 Å². The maximum absolute atomic E-state index is 11.5. The molecule has 3 N–H and O–H groups in total. The highest BCUT2D eigenvalue weighted by atomic mass is 16.5. The minimum Gasteiger partial charge on any atom is -0.349 e. The lowest BCUT2D eigenvalue weighted by atomic mass is 9.75. The molecular weight excluding hydrogens is 196 g/mol. The Morgan fingerprint density at radius 1 is 1.67 bits per heavy atom. The molecule has 1 saturated carbocycles. The van der Waals surface area contributed by atoms with E-state index in [1.807, 2.05) is 0 Å². The molecule has 0 unspecified atom stereocenters. The van der Waals surface area contributed by atoms with Gasteiger partial charge in [0, 0.05) is 12.0 Å². The van der Waals surface area contributed by atoms with Crippen LogP contribution in [0.5, 0.6) is 0 Å². The van der Waals surface area contributed by atoms with E-state index in [0.29, 0.717) is 18.8 Å². The molecule has 0 saturated heterocycles. The van der Waals surface area contributed by atoms with Crippen molar-refractivity contribution in [3.63, 3.8) is 0 Å². The first kappa shape index (κ1) is 10.1. The van der Waals surface area contributed by atoms with Gasteiger partial charge in [-0.25, -0.2) is 0 Å². The highest BCUT2D eigenvalue weighted by Gasteiger charge is 2.34. The molecule has 0 atom stereocenters. The largest absolute Gasteiger partial charge is 0.349 e. The summed E-state index contributed by atoms with van der Waals surface area (Å²) in [6.45, 7) is 0.297. The maximum atomic E-state index is 11.5. The number of nitrogens with zero attached hydrogens (tertiary/aromatic N) is 2. The van der Waals surface area contributed by atoms with Gasteiger partial charge in [0.1, 0.15) is 0 Å². The summed E-state index contributed by atoms with van der Waals surface area (Å²) in [6, 6.07) is 0. The normalized spacial score (nSPS) is 18.2. The van der Waals surface area contributed by atoms with E-state index in [1.54, 1.807) is 0 Å². The molecule has 82 valence electrons. The van der Waals surface area contributed by atoms with E-state index in [4.69, 9.17) is 5.73 Å². The number of rotatable bonds is 4. The molecule has 1 aromatic rings. The van der Waals surface area contributed by atoms with Crippen LogP contribution in [0.25, 0.3) is 0 Å². The van der Waals surface area contributed by atoms with E-state index in [-0.39, 0.29) is 11.4 Å². The second-order valence-electron chi connectivity index (χ2n) is 4.02. The average molecular weight is 210 g/mol. The second-order valence-corrected chi connectivity index (χ2v) is 4.02. The average Bonchev–Trinajstić information content (AvgIpc) is 2.64. The van der Waals surface area contributed by atoms with Gasteiger partial charge in [0.25, 0.3) is 0 Å². The van der Waals surface area contributed by atoms with Gasteiger partial charge < -0.3 is 15.6 Å². The van der Waals surface area contributed by atoms with Crippen LogP contribution in [0.4, 0.5) is 0 Å². The molecule has 0 aromatic carbocycles. The van der Waals surface area contributed by atoms with Crippen molar-refractivity contribution in [2.75, 3.05) is 0 Å². The maximum Gasteiger partial charge on any atom is 0.222 e. The van der Waals surface area contributed by atoms with Gasteiger partial charge in [0.15, 0.2) is 5.82 Å². The molecule has 1 aromatic heterocycles. The summed E-state index contributed by atoms with van der Waals surface area (Å²) in [5.41, 5.74) is 5.67.